The van der Waals surface area contributed by atoms with E-state index in [1.165, 1.54) is 0 Å². The van der Waals surface area contributed by atoms with Gasteiger partial charge in [-0.05, 0) is 49.4 Å². The molecule has 0 aliphatic rings. The number of benzene rings is 2. The first-order chi connectivity index (χ1) is 12.5. The second-order valence-corrected chi connectivity index (χ2v) is 6.33. The predicted octanol–water partition coefficient (Wildman–Crippen LogP) is 5.49. The average Bonchev–Trinajstić information content (AvgIpc) is 3.07. The quantitative estimate of drug-likeness (QED) is 0.564. The molecule has 3 rings (SSSR count). The van der Waals surface area contributed by atoms with E-state index in [0.717, 1.165) is 0 Å². The lowest BCUT2D eigenvalue weighted by Crippen LogP contribution is -2.12. The SMILES string of the molecule is CCOc1ccc(NC(=O)c2ccc(-c3cc(Cl)cc(Cl)c3)o2)c(N)c1. The molecule has 3 N–H and O–H groups in total. The van der Waals surface area contributed by atoms with E-state index in [2.05, 4.69) is 5.32 Å². The fraction of sp³-hybridized carbons (Fsp3) is 0.105. The van der Waals surface area contributed by atoms with Crippen molar-refractivity contribution in [2.75, 3.05) is 17.7 Å². The van der Waals surface area contributed by atoms with Crippen molar-refractivity contribution in [3.05, 3.63) is 64.3 Å². The van der Waals surface area contributed by atoms with Gasteiger partial charge in [0, 0.05) is 21.7 Å². The molecule has 1 amide bonds. The van der Waals surface area contributed by atoms with Gasteiger partial charge in [-0.25, -0.2) is 0 Å². The smallest absolute Gasteiger partial charge is 0.291 e. The number of nitrogen functional groups attached to an aromatic ring is 1. The number of rotatable bonds is 5. The molecule has 0 bridgehead atoms. The van der Waals surface area contributed by atoms with Crippen molar-refractivity contribution in [3.8, 4) is 17.1 Å². The van der Waals surface area contributed by atoms with E-state index in [1.54, 1.807) is 48.5 Å². The lowest BCUT2D eigenvalue weighted by atomic mass is 10.2. The summed E-state index contributed by atoms with van der Waals surface area (Å²) >= 11 is 12.0. The van der Waals surface area contributed by atoms with Crippen LogP contribution in [0.2, 0.25) is 10.0 Å². The molecule has 0 saturated carbocycles. The summed E-state index contributed by atoms with van der Waals surface area (Å²) in [4.78, 5) is 12.4. The Morgan fingerprint density at radius 3 is 2.50 bits per heavy atom. The number of amides is 1. The number of hydrogen-bond donors (Lipinski definition) is 2. The Labute approximate surface area is 160 Å². The van der Waals surface area contributed by atoms with Gasteiger partial charge in [0.1, 0.15) is 11.5 Å². The normalized spacial score (nSPS) is 10.6. The van der Waals surface area contributed by atoms with Crippen LogP contribution >= 0.6 is 23.2 Å². The minimum absolute atomic E-state index is 0.143. The van der Waals surface area contributed by atoms with Crippen LogP contribution in [-0.2, 0) is 0 Å². The van der Waals surface area contributed by atoms with Crippen molar-refractivity contribution >= 4 is 40.5 Å². The number of carbonyl (C=O) groups excluding carboxylic acids is 1. The molecule has 1 heterocycles. The molecule has 0 fully saturated rings. The number of nitrogens with one attached hydrogen (secondary N) is 1. The highest BCUT2D eigenvalue weighted by atomic mass is 35.5. The molecule has 134 valence electrons. The minimum Gasteiger partial charge on any atom is -0.494 e. The van der Waals surface area contributed by atoms with E-state index in [1.807, 2.05) is 6.92 Å². The molecule has 0 unspecified atom stereocenters. The molecule has 0 spiro atoms. The molecule has 5 nitrogen and oxygen atoms in total. The highest BCUT2D eigenvalue weighted by Gasteiger charge is 2.14. The van der Waals surface area contributed by atoms with Gasteiger partial charge in [-0.2, -0.15) is 0 Å². The fourth-order valence-electron chi connectivity index (χ4n) is 2.41. The van der Waals surface area contributed by atoms with Crippen LogP contribution in [-0.4, -0.2) is 12.5 Å². The lowest BCUT2D eigenvalue weighted by Gasteiger charge is -2.09. The van der Waals surface area contributed by atoms with Crippen molar-refractivity contribution in [2.24, 2.45) is 0 Å². The minimum atomic E-state index is -0.416. The molecule has 7 heteroatoms. The fourth-order valence-corrected chi connectivity index (χ4v) is 2.93. The second-order valence-electron chi connectivity index (χ2n) is 5.46. The maximum atomic E-state index is 12.4. The van der Waals surface area contributed by atoms with E-state index in [0.29, 0.717) is 45.1 Å². The van der Waals surface area contributed by atoms with Crippen LogP contribution in [0.25, 0.3) is 11.3 Å². The largest absolute Gasteiger partial charge is 0.494 e. The van der Waals surface area contributed by atoms with E-state index >= 15 is 0 Å². The van der Waals surface area contributed by atoms with Gasteiger partial charge in [-0.15, -0.1) is 0 Å². The zero-order chi connectivity index (χ0) is 18.7. The summed E-state index contributed by atoms with van der Waals surface area (Å²) < 4.78 is 11.0. The van der Waals surface area contributed by atoms with Gasteiger partial charge in [0.2, 0.25) is 0 Å². The third-order valence-electron chi connectivity index (χ3n) is 3.56. The van der Waals surface area contributed by atoms with Crippen molar-refractivity contribution < 1.29 is 13.9 Å². The lowest BCUT2D eigenvalue weighted by molar-refractivity contribution is 0.0997. The molecule has 0 aliphatic carbocycles. The zero-order valence-electron chi connectivity index (χ0n) is 13.9. The summed E-state index contributed by atoms with van der Waals surface area (Å²) in [5.74, 6) is 0.852. The summed E-state index contributed by atoms with van der Waals surface area (Å²) in [7, 11) is 0. The molecule has 26 heavy (non-hydrogen) atoms. The van der Waals surface area contributed by atoms with Crippen LogP contribution in [0.1, 0.15) is 17.5 Å². The summed E-state index contributed by atoms with van der Waals surface area (Å²) in [5, 5.41) is 3.68. The maximum absolute atomic E-state index is 12.4. The second kappa shape index (κ2) is 7.72. The first-order valence-electron chi connectivity index (χ1n) is 7.86. The summed E-state index contributed by atoms with van der Waals surface area (Å²) in [6.07, 6.45) is 0. The predicted molar refractivity (Wildman–Crippen MR) is 104 cm³/mol. The molecular weight excluding hydrogens is 375 g/mol. The van der Waals surface area contributed by atoms with Crippen molar-refractivity contribution in [1.29, 1.82) is 0 Å². The van der Waals surface area contributed by atoms with E-state index in [9.17, 15) is 4.79 Å². The van der Waals surface area contributed by atoms with Crippen molar-refractivity contribution in [1.82, 2.24) is 0 Å². The van der Waals surface area contributed by atoms with E-state index in [-0.39, 0.29) is 5.76 Å². The van der Waals surface area contributed by atoms with Crippen LogP contribution < -0.4 is 15.8 Å². The Morgan fingerprint density at radius 2 is 1.85 bits per heavy atom. The first kappa shape index (κ1) is 18.2. The number of furan rings is 1. The molecule has 1 aromatic heterocycles. The Hall–Kier alpha value is -2.63. The standard InChI is InChI=1S/C19H16Cl2N2O3/c1-2-25-14-3-4-16(15(22)10-14)23-19(24)18-6-5-17(26-18)11-7-12(20)9-13(21)8-11/h3-10H,2,22H2,1H3,(H,23,24). The molecule has 0 aliphatic heterocycles. The van der Waals surface area contributed by atoms with Crippen LogP contribution in [0.3, 0.4) is 0 Å². The maximum Gasteiger partial charge on any atom is 0.291 e. The van der Waals surface area contributed by atoms with Crippen LogP contribution in [0.5, 0.6) is 5.75 Å². The van der Waals surface area contributed by atoms with Crippen LogP contribution in [0.4, 0.5) is 11.4 Å². The third-order valence-corrected chi connectivity index (χ3v) is 4.00. The molecule has 0 atom stereocenters. The Bertz CT molecular complexity index is 933. The van der Waals surface area contributed by atoms with Gasteiger partial charge >= 0.3 is 0 Å². The monoisotopic (exact) mass is 390 g/mol. The van der Waals surface area contributed by atoms with Crippen LogP contribution in [0, 0.1) is 0 Å². The highest BCUT2D eigenvalue weighted by Crippen LogP contribution is 2.29. The number of ether oxygens (including phenoxy) is 1. The molecular formula is C19H16Cl2N2O3. The van der Waals surface area contributed by atoms with Gasteiger partial charge in [-0.3, -0.25) is 4.79 Å². The Balaban J connectivity index is 1.78. The van der Waals surface area contributed by atoms with Crippen molar-refractivity contribution in [2.45, 2.75) is 6.92 Å². The third kappa shape index (κ3) is 4.12. The molecule has 0 radical (unpaired) electrons. The topological polar surface area (TPSA) is 77.5 Å². The summed E-state index contributed by atoms with van der Waals surface area (Å²) in [6, 6.07) is 13.4. The first-order valence-corrected chi connectivity index (χ1v) is 8.62. The van der Waals surface area contributed by atoms with Gasteiger partial charge < -0.3 is 20.2 Å². The van der Waals surface area contributed by atoms with Gasteiger partial charge in [0.15, 0.2) is 5.76 Å². The zero-order valence-corrected chi connectivity index (χ0v) is 15.4. The Kier molecular flexibility index (Phi) is 5.40. The molecule has 3 aromatic rings. The van der Waals surface area contributed by atoms with Crippen LogP contribution in [0.15, 0.2) is 52.9 Å². The highest BCUT2D eigenvalue weighted by molar-refractivity contribution is 6.35. The number of carbonyl (C=O) groups is 1. The van der Waals surface area contributed by atoms with Crippen molar-refractivity contribution in [3.63, 3.8) is 0 Å². The van der Waals surface area contributed by atoms with E-state index < -0.39 is 5.91 Å². The number of hydrogen-bond acceptors (Lipinski definition) is 4. The van der Waals surface area contributed by atoms with Gasteiger partial charge in [0.25, 0.3) is 5.91 Å². The number of halogens is 2. The van der Waals surface area contributed by atoms with E-state index in [4.69, 9.17) is 38.1 Å². The molecule has 2 aromatic carbocycles. The summed E-state index contributed by atoms with van der Waals surface area (Å²) in [5.41, 5.74) is 7.51. The number of nitrogens with two attached hydrogens (primary N) is 1. The molecule has 0 saturated heterocycles. The Morgan fingerprint density at radius 1 is 1.12 bits per heavy atom. The average molecular weight is 391 g/mol. The number of anilines is 2. The van der Waals surface area contributed by atoms with Gasteiger partial charge in [-0.1, -0.05) is 23.2 Å². The van der Waals surface area contributed by atoms with Gasteiger partial charge in [0.05, 0.1) is 18.0 Å². The summed E-state index contributed by atoms with van der Waals surface area (Å²) in [6.45, 7) is 2.42.